The van der Waals surface area contributed by atoms with E-state index in [4.69, 9.17) is 9.72 Å². The predicted octanol–water partition coefficient (Wildman–Crippen LogP) is 5.79. The zero-order chi connectivity index (χ0) is 26.6. The van der Waals surface area contributed by atoms with Crippen LogP contribution in [-0.4, -0.2) is 39.7 Å². The number of fused-ring (bicyclic) bond motifs is 1. The van der Waals surface area contributed by atoms with E-state index in [9.17, 15) is 19.1 Å². The van der Waals surface area contributed by atoms with Crippen LogP contribution in [0.4, 0.5) is 4.39 Å². The number of rotatable bonds is 8. The van der Waals surface area contributed by atoms with Gasteiger partial charge in [-0.2, -0.15) is 0 Å². The first-order valence-electron chi connectivity index (χ1n) is 13.7. The number of methoxy groups -OCH3 is 1. The average Bonchev–Trinajstić information content (AvgIpc) is 3.28. The molecular formula is C30H36FN3O4. The monoisotopic (exact) mass is 521 g/mol. The highest BCUT2D eigenvalue weighted by atomic mass is 19.1. The number of carbonyl (C=O) groups excluding carboxylic acids is 1. The van der Waals surface area contributed by atoms with Gasteiger partial charge in [-0.25, -0.2) is 9.37 Å². The van der Waals surface area contributed by atoms with Crippen molar-refractivity contribution < 1.29 is 23.8 Å². The van der Waals surface area contributed by atoms with E-state index in [-0.39, 0.29) is 29.6 Å². The van der Waals surface area contributed by atoms with Gasteiger partial charge in [0.2, 0.25) is 5.91 Å². The van der Waals surface area contributed by atoms with Crippen molar-refractivity contribution in [2.24, 2.45) is 11.8 Å². The van der Waals surface area contributed by atoms with Gasteiger partial charge in [-0.1, -0.05) is 49.6 Å². The van der Waals surface area contributed by atoms with Crippen LogP contribution in [0.3, 0.4) is 0 Å². The lowest BCUT2D eigenvalue weighted by Crippen LogP contribution is -2.45. The van der Waals surface area contributed by atoms with E-state index in [1.54, 1.807) is 13.2 Å². The van der Waals surface area contributed by atoms with Gasteiger partial charge in [0.1, 0.15) is 23.8 Å². The Morgan fingerprint density at radius 2 is 1.74 bits per heavy atom. The first-order chi connectivity index (χ1) is 18.5. The minimum absolute atomic E-state index is 0.0628. The predicted molar refractivity (Wildman–Crippen MR) is 142 cm³/mol. The molecule has 5 rings (SSSR count). The third-order valence-electron chi connectivity index (χ3n) is 8.32. The van der Waals surface area contributed by atoms with E-state index in [1.807, 2.05) is 34.9 Å². The molecule has 2 saturated carbocycles. The van der Waals surface area contributed by atoms with Gasteiger partial charge in [0.25, 0.3) is 0 Å². The van der Waals surface area contributed by atoms with Crippen molar-refractivity contribution in [2.75, 3.05) is 7.11 Å². The normalized spacial score (nSPS) is 22.2. The van der Waals surface area contributed by atoms with Crippen LogP contribution in [0, 0.1) is 17.7 Å². The minimum Gasteiger partial charge on any atom is -0.481 e. The number of hydrogen-bond donors (Lipinski definition) is 2. The summed E-state index contributed by atoms with van der Waals surface area (Å²) in [5.41, 5.74) is 2.11. The maximum absolute atomic E-state index is 14.3. The molecule has 1 amide bonds. The number of hydrogen-bond acceptors (Lipinski definition) is 4. The number of aromatic nitrogens is 2. The molecule has 1 aromatic heterocycles. The second-order valence-electron chi connectivity index (χ2n) is 10.7. The van der Waals surface area contributed by atoms with Crippen LogP contribution in [0.25, 0.3) is 11.0 Å². The molecule has 202 valence electrons. The number of carboxylic acid groups (broad SMARTS) is 1. The van der Waals surface area contributed by atoms with Crippen LogP contribution in [-0.2, 0) is 14.3 Å². The Morgan fingerprint density at radius 1 is 1.03 bits per heavy atom. The number of nitrogens with one attached hydrogen (secondary N) is 1. The number of imidazole rings is 1. The Hall–Kier alpha value is -3.26. The number of amides is 1. The molecule has 1 heterocycles. The maximum Gasteiger partial charge on any atom is 0.306 e. The number of benzene rings is 2. The largest absolute Gasteiger partial charge is 0.481 e. The first-order valence-corrected chi connectivity index (χ1v) is 13.7. The third-order valence-corrected chi connectivity index (χ3v) is 8.32. The number of aliphatic carboxylic acids is 1. The molecule has 2 atom stereocenters. The van der Waals surface area contributed by atoms with Crippen molar-refractivity contribution in [3.8, 4) is 0 Å². The summed E-state index contributed by atoms with van der Waals surface area (Å²) in [6, 6.07) is 13.7. The van der Waals surface area contributed by atoms with Gasteiger partial charge in [0.15, 0.2) is 0 Å². The number of ether oxygens (including phenoxy) is 1. The van der Waals surface area contributed by atoms with Crippen molar-refractivity contribution in [3.05, 3.63) is 65.7 Å². The van der Waals surface area contributed by atoms with Crippen LogP contribution in [0.2, 0.25) is 0 Å². The van der Waals surface area contributed by atoms with Gasteiger partial charge in [-0.15, -0.1) is 0 Å². The number of carbonyl (C=O) groups is 2. The molecule has 2 aromatic carbocycles. The van der Waals surface area contributed by atoms with E-state index in [1.165, 1.54) is 12.1 Å². The van der Waals surface area contributed by atoms with Gasteiger partial charge >= 0.3 is 5.97 Å². The van der Waals surface area contributed by atoms with Crippen molar-refractivity contribution in [3.63, 3.8) is 0 Å². The SMILES string of the molecule is CO[C@H](c1ccccc1)c1nc2cc(F)ccc2n1C(C(=O)N[C@H]1CC[C@H](C(=O)O)CC1)C1CCCCC1. The highest BCUT2D eigenvalue weighted by Crippen LogP contribution is 2.39. The van der Waals surface area contributed by atoms with Crippen molar-refractivity contribution in [1.82, 2.24) is 14.9 Å². The Kier molecular flexibility index (Phi) is 8.07. The molecule has 0 saturated heterocycles. The highest BCUT2D eigenvalue weighted by molar-refractivity contribution is 5.85. The third kappa shape index (κ3) is 5.46. The van der Waals surface area contributed by atoms with E-state index in [2.05, 4.69) is 5.32 Å². The average molecular weight is 522 g/mol. The summed E-state index contributed by atoms with van der Waals surface area (Å²) < 4.78 is 22.2. The zero-order valence-electron chi connectivity index (χ0n) is 21.8. The smallest absolute Gasteiger partial charge is 0.306 e. The second kappa shape index (κ2) is 11.6. The van der Waals surface area contributed by atoms with E-state index in [0.29, 0.717) is 42.5 Å². The summed E-state index contributed by atoms with van der Waals surface area (Å²) in [5, 5.41) is 12.6. The molecule has 8 heteroatoms. The van der Waals surface area contributed by atoms with E-state index in [0.717, 1.165) is 37.7 Å². The van der Waals surface area contributed by atoms with Crippen LogP contribution >= 0.6 is 0 Å². The van der Waals surface area contributed by atoms with Crippen LogP contribution in [0.1, 0.15) is 81.3 Å². The molecule has 0 radical (unpaired) electrons. The summed E-state index contributed by atoms with van der Waals surface area (Å²) in [6.45, 7) is 0. The lowest BCUT2D eigenvalue weighted by atomic mass is 9.82. The second-order valence-corrected chi connectivity index (χ2v) is 10.7. The lowest BCUT2D eigenvalue weighted by Gasteiger charge is -2.35. The fraction of sp³-hybridized carbons (Fsp3) is 0.500. The van der Waals surface area contributed by atoms with Crippen LogP contribution in [0.15, 0.2) is 48.5 Å². The minimum atomic E-state index is -0.761. The molecule has 2 N–H and O–H groups in total. The Morgan fingerprint density at radius 3 is 2.39 bits per heavy atom. The molecular weight excluding hydrogens is 485 g/mol. The van der Waals surface area contributed by atoms with Gasteiger partial charge in [-0.3, -0.25) is 9.59 Å². The summed E-state index contributed by atoms with van der Waals surface area (Å²) >= 11 is 0. The molecule has 3 aromatic rings. The zero-order valence-corrected chi connectivity index (χ0v) is 21.8. The van der Waals surface area contributed by atoms with Gasteiger partial charge in [0, 0.05) is 19.2 Å². The summed E-state index contributed by atoms with van der Waals surface area (Å²) in [6.07, 6.45) is 7.00. The first kappa shape index (κ1) is 26.4. The summed E-state index contributed by atoms with van der Waals surface area (Å²) in [4.78, 5) is 30.4. The van der Waals surface area contributed by atoms with Gasteiger partial charge in [-0.05, 0) is 62.1 Å². The number of nitrogens with zero attached hydrogens (tertiary/aromatic N) is 2. The number of carboxylic acids is 1. The van der Waals surface area contributed by atoms with E-state index >= 15 is 0 Å². The summed E-state index contributed by atoms with van der Waals surface area (Å²) in [5.74, 6) is -0.874. The fourth-order valence-corrected chi connectivity index (χ4v) is 6.35. The van der Waals surface area contributed by atoms with Crippen LogP contribution in [0.5, 0.6) is 0 Å². The maximum atomic E-state index is 14.3. The van der Waals surface area contributed by atoms with Crippen LogP contribution < -0.4 is 5.32 Å². The molecule has 2 fully saturated rings. The Labute approximate surface area is 222 Å². The number of halogens is 1. The molecule has 0 bridgehead atoms. The molecule has 2 aliphatic carbocycles. The molecule has 2 aliphatic rings. The van der Waals surface area contributed by atoms with Gasteiger partial charge in [0.05, 0.1) is 17.0 Å². The van der Waals surface area contributed by atoms with E-state index < -0.39 is 18.1 Å². The van der Waals surface area contributed by atoms with Gasteiger partial charge < -0.3 is 19.7 Å². The fourth-order valence-electron chi connectivity index (χ4n) is 6.35. The molecule has 0 spiro atoms. The molecule has 7 nitrogen and oxygen atoms in total. The topological polar surface area (TPSA) is 93.5 Å². The Bertz CT molecular complexity index is 1260. The van der Waals surface area contributed by atoms with Crippen molar-refractivity contribution >= 4 is 22.9 Å². The Balaban J connectivity index is 1.56. The van der Waals surface area contributed by atoms with Crippen molar-refractivity contribution in [1.29, 1.82) is 0 Å². The standard InChI is InChI=1S/C30H36FN3O4/c1-38-27(20-10-6-3-7-11-20)28-33-24-18-22(31)14-17-25(24)34(28)26(19-8-4-2-5-9-19)29(35)32-23-15-12-21(13-16-23)30(36)37/h3,6-7,10-11,14,17-19,21,23,26-27H,2,4-5,8-9,12-13,15-16H2,1H3,(H,32,35)(H,36,37)/t21-,23-,26?,27-/m1/s1. The molecule has 0 aliphatic heterocycles. The lowest BCUT2D eigenvalue weighted by molar-refractivity contribution is -0.142. The molecule has 1 unspecified atom stereocenters. The highest BCUT2D eigenvalue weighted by Gasteiger charge is 2.37. The quantitative estimate of drug-likeness (QED) is 0.391. The molecule has 38 heavy (non-hydrogen) atoms. The summed E-state index contributed by atoms with van der Waals surface area (Å²) in [7, 11) is 1.62. The van der Waals surface area contributed by atoms with Crippen molar-refractivity contribution in [2.45, 2.75) is 76.0 Å².